The average molecular weight is 444 g/mol. The summed E-state index contributed by atoms with van der Waals surface area (Å²) in [4.78, 5) is 18.2. The number of furan rings is 1. The van der Waals surface area contributed by atoms with Gasteiger partial charge in [0.25, 0.3) is 5.56 Å². The summed E-state index contributed by atoms with van der Waals surface area (Å²) in [6.07, 6.45) is 3.65. The van der Waals surface area contributed by atoms with Crippen LogP contribution in [0.15, 0.2) is 112 Å². The van der Waals surface area contributed by atoms with Gasteiger partial charge in [0.2, 0.25) is 5.82 Å². The Kier molecular flexibility index (Phi) is 4.70. The Bertz CT molecular complexity index is 1720. The molecule has 6 heteroatoms. The van der Waals surface area contributed by atoms with Crippen LogP contribution in [-0.2, 0) is 0 Å². The Morgan fingerprint density at radius 3 is 2.59 bits per heavy atom. The summed E-state index contributed by atoms with van der Waals surface area (Å²) in [6.45, 7) is 2.06. The third kappa shape index (κ3) is 3.33. The number of aromatic nitrogens is 3. The lowest BCUT2D eigenvalue weighted by Crippen LogP contribution is -2.20. The smallest absolute Gasteiger partial charge is 0.282 e. The van der Waals surface area contributed by atoms with Gasteiger partial charge in [-0.3, -0.25) is 4.79 Å². The molecule has 0 bridgehead atoms. The Hall–Kier alpha value is -4.71. The van der Waals surface area contributed by atoms with Crippen LogP contribution in [0.4, 0.5) is 0 Å². The van der Waals surface area contributed by atoms with Crippen LogP contribution in [0.5, 0.6) is 0 Å². The number of para-hydroxylation sites is 3. The van der Waals surface area contributed by atoms with Gasteiger partial charge >= 0.3 is 0 Å². The zero-order valence-corrected chi connectivity index (χ0v) is 18.4. The molecule has 164 valence electrons. The van der Waals surface area contributed by atoms with E-state index in [4.69, 9.17) is 9.40 Å². The van der Waals surface area contributed by atoms with Crippen molar-refractivity contribution in [2.24, 2.45) is 5.10 Å². The van der Waals surface area contributed by atoms with Crippen molar-refractivity contribution in [1.82, 2.24) is 14.2 Å². The molecule has 0 atom stereocenters. The molecule has 3 aromatic heterocycles. The van der Waals surface area contributed by atoms with Gasteiger partial charge in [-0.2, -0.15) is 9.78 Å². The monoisotopic (exact) mass is 444 g/mol. The first-order valence-corrected chi connectivity index (χ1v) is 11.0. The van der Waals surface area contributed by atoms with Crippen molar-refractivity contribution < 1.29 is 4.42 Å². The van der Waals surface area contributed by atoms with Gasteiger partial charge in [-0.1, -0.05) is 48.5 Å². The molecular weight excluding hydrogens is 424 g/mol. The number of benzene rings is 3. The van der Waals surface area contributed by atoms with E-state index in [-0.39, 0.29) is 5.56 Å². The largest absolute Gasteiger partial charge is 0.453 e. The fraction of sp³-hybridized carbons (Fsp3) is 0.0357. The Balaban J connectivity index is 1.54. The van der Waals surface area contributed by atoms with Crippen molar-refractivity contribution in [1.29, 1.82) is 0 Å². The predicted molar refractivity (Wildman–Crippen MR) is 135 cm³/mol. The first-order chi connectivity index (χ1) is 16.7. The lowest BCUT2D eigenvalue weighted by atomic mass is 10.2. The zero-order chi connectivity index (χ0) is 23.1. The molecule has 0 saturated carbocycles. The van der Waals surface area contributed by atoms with Crippen molar-refractivity contribution in [3.63, 3.8) is 0 Å². The van der Waals surface area contributed by atoms with Gasteiger partial charge in [-0.05, 0) is 55.0 Å². The zero-order valence-electron chi connectivity index (χ0n) is 18.4. The quantitative estimate of drug-likeness (QED) is 0.323. The Morgan fingerprint density at radius 2 is 1.71 bits per heavy atom. The molecule has 0 amide bonds. The minimum absolute atomic E-state index is 0.258. The molecular formula is C28H20N4O2. The Labute approximate surface area is 195 Å². The van der Waals surface area contributed by atoms with Crippen molar-refractivity contribution in [2.75, 3.05) is 0 Å². The highest BCUT2D eigenvalue weighted by Gasteiger charge is 2.16. The maximum Gasteiger partial charge on any atom is 0.282 e. The molecule has 3 heterocycles. The second-order valence-electron chi connectivity index (χ2n) is 8.05. The van der Waals surface area contributed by atoms with E-state index in [1.165, 1.54) is 4.68 Å². The molecule has 0 unspecified atom stereocenters. The summed E-state index contributed by atoms with van der Waals surface area (Å²) in [5.41, 5.74) is 4.09. The summed E-state index contributed by atoms with van der Waals surface area (Å²) >= 11 is 0. The van der Waals surface area contributed by atoms with Crippen LogP contribution in [0.2, 0.25) is 0 Å². The van der Waals surface area contributed by atoms with Gasteiger partial charge in [0.05, 0.1) is 22.8 Å². The third-order valence-corrected chi connectivity index (χ3v) is 5.86. The third-order valence-electron chi connectivity index (χ3n) is 5.86. The molecule has 0 saturated heterocycles. The summed E-state index contributed by atoms with van der Waals surface area (Å²) < 4.78 is 9.40. The van der Waals surface area contributed by atoms with Crippen molar-refractivity contribution in [3.05, 3.63) is 119 Å². The van der Waals surface area contributed by atoms with E-state index in [2.05, 4.69) is 24.2 Å². The van der Waals surface area contributed by atoms with Gasteiger partial charge in [-0.15, -0.1) is 0 Å². The molecule has 0 aliphatic carbocycles. The number of aryl methyl sites for hydroxylation is 1. The van der Waals surface area contributed by atoms with E-state index in [9.17, 15) is 4.79 Å². The molecule has 0 spiro atoms. The highest BCUT2D eigenvalue weighted by atomic mass is 16.3. The summed E-state index contributed by atoms with van der Waals surface area (Å²) in [6, 6.07) is 28.9. The molecule has 6 nitrogen and oxygen atoms in total. The van der Waals surface area contributed by atoms with Gasteiger partial charge in [0, 0.05) is 17.3 Å². The first kappa shape index (κ1) is 19.9. The molecule has 0 fully saturated rings. The van der Waals surface area contributed by atoms with Gasteiger partial charge in [0.1, 0.15) is 5.58 Å². The second kappa shape index (κ2) is 8.01. The Morgan fingerprint density at radius 1 is 0.912 bits per heavy atom. The summed E-state index contributed by atoms with van der Waals surface area (Å²) in [7, 11) is 0. The molecule has 0 aliphatic rings. The minimum atomic E-state index is -0.258. The fourth-order valence-electron chi connectivity index (χ4n) is 4.15. The van der Waals surface area contributed by atoms with Crippen LogP contribution in [0.3, 0.4) is 0 Å². The molecule has 3 aromatic carbocycles. The molecule has 34 heavy (non-hydrogen) atoms. The van der Waals surface area contributed by atoms with Gasteiger partial charge in [0.15, 0.2) is 5.76 Å². The summed E-state index contributed by atoms with van der Waals surface area (Å²) in [5.74, 6) is 0.834. The van der Waals surface area contributed by atoms with Crippen LogP contribution < -0.4 is 5.56 Å². The lowest BCUT2D eigenvalue weighted by molar-refractivity contribution is 0.616. The van der Waals surface area contributed by atoms with E-state index in [1.54, 1.807) is 12.3 Å². The SMILES string of the molecule is Cc1ccccc1-n1cccc1C=Nn1c(-c2cc3ccccc3o2)nc2ccccc2c1=O. The van der Waals surface area contributed by atoms with E-state index >= 15 is 0 Å². The van der Waals surface area contributed by atoms with Crippen molar-refractivity contribution in [3.8, 4) is 17.3 Å². The van der Waals surface area contributed by atoms with Gasteiger partial charge in [-0.25, -0.2) is 4.98 Å². The standard InChI is InChI=1S/C28H20N4O2/c1-19-9-2-6-14-24(19)31-16-8-11-21(31)18-29-32-27(26-17-20-10-3-7-15-25(20)34-26)30-23-13-5-4-12-22(23)28(32)33/h2-18H,1H3. The number of rotatable bonds is 4. The fourth-order valence-corrected chi connectivity index (χ4v) is 4.15. The van der Waals surface area contributed by atoms with E-state index in [0.717, 1.165) is 27.9 Å². The average Bonchev–Trinajstić information content (AvgIpc) is 3.51. The van der Waals surface area contributed by atoms with Crippen LogP contribution in [0, 0.1) is 6.92 Å². The van der Waals surface area contributed by atoms with Crippen LogP contribution in [-0.4, -0.2) is 20.4 Å². The maximum absolute atomic E-state index is 13.5. The topological polar surface area (TPSA) is 65.3 Å². The normalized spacial score (nSPS) is 11.7. The second-order valence-corrected chi connectivity index (χ2v) is 8.05. The van der Waals surface area contributed by atoms with Crippen molar-refractivity contribution >= 4 is 28.1 Å². The maximum atomic E-state index is 13.5. The van der Waals surface area contributed by atoms with Crippen molar-refractivity contribution in [2.45, 2.75) is 6.92 Å². The number of nitrogens with zero attached hydrogens (tertiary/aromatic N) is 4. The van der Waals surface area contributed by atoms with Crippen LogP contribution in [0.1, 0.15) is 11.3 Å². The molecule has 6 rings (SSSR count). The highest BCUT2D eigenvalue weighted by Crippen LogP contribution is 2.27. The van der Waals surface area contributed by atoms with E-state index in [0.29, 0.717) is 22.5 Å². The molecule has 0 N–H and O–H groups in total. The predicted octanol–water partition coefficient (Wildman–Crippen LogP) is 5.79. The van der Waals surface area contributed by atoms with Crippen LogP contribution >= 0.6 is 0 Å². The van der Waals surface area contributed by atoms with Crippen LogP contribution in [0.25, 0.3) is 39.1 Å². The number of hydrogen-bond acceptors (Lipinski definition) is 4. The highest BCUT2D eigenvalue weighted by molar-refractivity contribution is 5.84. The number of fused-ring (bicyclic) bond motifs is 2. The molecule has 0 radical (unpaired) electrons. The first-order valence-electron chi connectivity index (χ1n) is 11.0. The molecule has 6 aromatic rings. The van der Waals surface area contributed by atoms with E-state index < -0.39 is 0 Å². The minimum Gasteiger partial charge on any atom is -0.453 e. The molecule has 0 aliphatic heterocycles. The summed E-state index contributed by atoms with van der Waals surface area (Å²) in [5, 5.41) is 6.02. The van der Waals surface area contributed by atoms with E-state index in [1.807, 2.05) is 83.6 Å². The lowest BCUT2D eigenvalue weighted by Gasteiger charge is -2.10. The van der Waals surface area contributed by atoms with Gasteiger partial charge < -0.3 is 8.98 Å². The number of hydrogen-bond donors (Lipinski definition) is 0.